The van der Waals surface area contributed by atoms with Crippen LogP contribution in [0.4, 0.5) is 5.82 Å². The third kappa shape index (κ3) is 3.46. The summed E-state index contributed by atoms with van der Waals surface area (Å²) in [7, 11) is 0. The SMILES string of the molecule is [CH2]c1ccccc1-c1csc([C@@H](C)Nc2n[nH]c(=O)c3cnc(Cl)cc23)c1. The van der Waals surface area contributed by atoms with E-state index in [-0.39, 0.29) is 11.6 Å². The summed E-state index contributed by atoms with van der Waals surface area (Å²) in [5, 5.41) is 13.5. The molecule has 4 rings (SSSR count). The number of anilines is 1. The second-order valence-electron chi connectivity index (χ2n) is 6.21. The summed E-state index contributed by atoms with van der Waals surface area (Å²) in [6, 6.07) is 11.9. The summed E-state index contributed by atoms with van der Waals surface area (Å²) in [4.78, 5) is 17.1. The number of rotatable bonds is 4. The second-order valence-corrected chi connectivity index (χ2v) is 7.54. The third-order valence-corrected chi connectivity index (χ3v) is 5.69. The molecule has 135 valence electrons. The molecule has 7 heteroatoms. The van der Waals surface area contributed by atoms with E-state index >= 15 is 0 Å². The molecular formula is C20H16ClN4OS. The molecule has 5 nitrogen and oxygen atoms in total. The van der Waals surface area contributed by atoms with Crippen LogP contribution in [0.25, 0.3) is 21.9 Å². The van der Waals surface area contributed by atoms with Gasteiger partial charge in [0.1, 0.15) is 5.15 Å². The Morgan fingerprint density at radius 3 is 2.89 bits per heavy atom. The molecule has 1 aromatic carbocycles. The first-order valence-corrected chi connectivity index (χ1v) is 9.59. The highest BCUT2D eigenvalue weighted by molar-refractivity contribution is 7.10. The molecule has 27 heavy (non-hydrogen) atoms. The number of nitrogens with zero attached hydrogens (tertiary/aromatic N) is 2. The van der Waals surface area contributed by atoms with Crippen molar-refractivity contribution in [1.29, 1.82) is 0 Å². The van der Waals surface area contributed by atoms with Crippen LogP contribution in [0.3, 0.4) is 0 Å². The van der Waals surface area contributed by atoms with Crippen LogP contribution >= 0.6 is 22.9 Å². The summed E-state index contributed by atoms with van der Waals surface area (Å²) in [6.45, 7) is 6.14. The molecule has 0 saturated carbocycles. The number of H-pyrrole nitrogens is 1. The van der Waals surface area contributed by atoms with Gasteiger partial charge in [0.25, 0.3) is 5.56 Å². The number of halogens is 1. The fraction of sp³-hybridized carbons (Fsp3) is 0.100. The lowest BCUT2D eigenvalue weighted by atomic mass is 10.0. The van der Waals surface area contributed by atoms with Gasteiger partial charge in [0.15, 0.2) is 5.82 Å². The second kappa shape index (κ2) is 7.13. The molecule has 0 amide bonds. The number of pyridine rings is 1. The van der Waals surface area contributed by atoms with Crippen LogP contribution in [-0.4, -0.2) is 15.2 Å². The lowest BCUT2D eigenvalue weighted by molar-refractivity contribution is 0.880. The van der Waals surface area contributed by atoms with Gasteiger partial charge in [-0.25, -0.2) is 10.1 Å². The summed E-state index contributed by atoms with van der Waals surface area (Å²) < 4.78 is 0. The minimum atomic E-state index is -0.294. The molecule has 0 saturated heterocycles. The first-order chi connectivity index (χ1) is 13.0. The molecule has 2 N–H and O–H groups in total. The van der Waals surface area contributed by atoms with Crippen molar-refractivity contribution in [3.63, 3.8) is 0 Å². The van der Waals surface area contributed by atoms with Crippen LogP contribution in [0.5, 0.6) is 0 Å². The Hall–Kier alpha value is -2.70. The highest BCUT2D eigenvalue weighted by atomic mass is 35.5. The van der Waals surface area contributed by atoms with E-state index in [0.717, 1.165) is 21.6 Å². The fourth-order valence-electron chi connectivity index (χ4n) is 2.94. The van der Waals surface area contributed by atoms with Crippen molar-refractivity contribution in [3.05, 3.63) is 80.8 Å². The average Bonchev–Trinajstić information content (AvgIpc) is 3.14. The topological polar surface area (TPSA) is 70.7 Å². The van der Waals surface area contributed by atoms with Gasteiger partial charge < -0.3 is 5.32 Å². The van der Waals surface area contributed by atoms with Crippen molar-refractivity contribution >= 4 is 39.5 Å². The molecule has 0 fully saturated rings. The van der Waals surface area contributed by atoms with Crippen molar-refractivity contribution in [2.75, 3.05) is 5.32 Å². The average molecular weight is 396 g/mol. The number of fused-ring (bicyclic) bond motifs is 1. The van der Waals surface area contributed by atoms with E-state index in [9.17, 15) is 4.79 Å². The van der Waals surface area contributed by atoms with Crippen molar-refractivity contribution in [2.24, 2.45) is 0 Å². The van der Waals surface area contributed by atoms with E-state index in [2.05, 4.69) is 44.9 Å². The van der Waals surface area contributed by atoms with E-state index < -0.39 is 0 Å². The molecule has 0 aliphatic carbocycles. The van der Waals surface area contributed by atoms with Crippen LogP contribution < -0.4 is 10.9 Å². The van der Waals surface area contributed by atoms with Gasteiger partial charge in [0, 0.05) is 16.5 Å². The van der Waals surface area contributed by atoms with Crippen LogP contribution in [-0.2, 0) is 0 Å². The van der Waals surface area contributed by atoms with Gasteiger partial charge >= 0.3 is 0 Å². The molecule has 1 atom stereocenters. The summed E-state index contributed by atoms with van der Waals surface area (Å²) >= 11 is 7.66. The first kappa shape index (κ1) is 17.7. The van der Waals surface area contributed by atoms with Crippen molar-refractivity contribution in [2.45, 2.75) is 13.0 Å². The van der Waals surface area contributed by atoms with Crippen LogP contribution in [0.1, 0.15) is 23.4 Å². The Labute approximate surface area is 165 Å². The zero-order valence-corrected chi connectivity index (χ0v) is 16.1. The van der Waals surface area contributed by atoms with Crippen LogP contribution in [0, 0.1) is 6.92 Å². The van der Waals surface area contributed by atoms with Crippen molar-refractivity contribution in [3.8, 4) is 11.1 Å². The number of nitrogens with one attached hydrogen (secondary N) is 2. The number of aromatic nitrogens is 3. The normalized spacial score (nSPS) is 12.3. The minimum absolute atomic E-state index is 0.00531. The highest BCUT2D eigenvalue weighted by Gasteiger charge is 2.14. The Kier molecular flexibility index (Phi) is 4.68. The van der Waals surface area contributed by atoms with Gasteiger partial charge in [-0.3, -0.25) is 4.79 Å². The smallest absolute Gasteiger partial charge is 0.273 e. The highest BCUT2D eigenvalue weighted by Crippen LogP contribution is 2.33. The Balaban J connectivity index is 1.66. The van der Waals surface area contributed by atoms with E-state index in [1.807, 2.05) is 25.1 Å². The van der Waals surface area contributed by atoms with Gasteiger partial charge in [-0.2, -0.15) is 5.10 Å². The summed E-state index contributed by atoms with van der Waals surface area (Å²) in [5.74, 6) is 0.564. The first-order valence-electron chi connectivity index (χ1n) is 8.33. The molecule has 0 aliphatic heterocycles. The van der Waals surface area contributed by atoms with Gasteiger partial charge in [-0.1, -0.05) is 35.9 Å². The van der Waals surface area contributed by atoms with E-state index in [4.69, 9.17) is 11.6 Å². The molecule has 0 aliphatic rings. The molecule has 1 radical (unpaired) electrons. The number of hydrogen-bond donors (Lipinski definition) is 2. The van der Waals surface area contributed by atoms with Crippen molar-refractivity contribution < 1.29 is 0 Å². The molecule has 0 spiro atoms. The maximum absolute atomic E-state index is 12.0. The van der Waals surface area contributed by atoms with E-state index in [1.54, 1.807) is 17.4 Å². The van der Waals surface area contributed by atoms with E-state index in [1.165, 1.54) is 6.20 Å². The molecule has 3 aromatic heterocycles. The van der Waals surface area contributed by atoms with Gasteiger partial charge in [0.2, 0.25) is 0 Å². The third-order valence-electron chi connectivity index (χ3n) is 4.37. The van der Waals surface area contributed by atoms with E-state index in [0.29, 0.717) is 21.7 Å². The van der Waals surface area contributed by atoms with Crippen LogP contribution in [0.2, 0.25) is 5.15 Å². The minimum Gasteiger partial charge on any atom is -0.361 e. The predicted molar refractivity (Wildman–Crippen MR) is 111 cm³/mol. The standard InChI is InChI=1S/C20H16ClN4OS/c1-11-5-3-4-6-14(11)13-7-17(27-10-13)12(2)23-19-15-8-18(21)22-9-16(15)20(26)25-24-19/h3-10,12H,1H2,2H3,(H,23,24)(H,25,26)/t12-/m1/s1. The van der Waals surface area contributed by atoms with Crippen molar-refractivity contribution in [1.82, 2.24) is 15.2 Å². The number of aromatic amines is 1. The fourth-order valence-corrected chi connectivity index (χ4v) is 4.02. The lowest BCUT2D eigenvalue weighted by Crippen LogP contribution is -2.14. The number of hydrogen-bond acceptors (Lipinski definition) is 5. The zero-order chi connectivity index (χ0) is 19.0. The van der Waals surface area contributed by atoms with Gasteiger partial charge in [0.05, 0.1) is 11.4 Å². The Bertz CT molecular complexity index is 1180. The Morgan fingerprint density at radius 1 is 1.26 bits per heavy atom. The molecular weight excluding hydrogens is 380 g/mol. The lowest BCUT2D eigenvalue weighted by Gasteiger charge is -2.14. The Morgan fingerprint density at radius 2 is 2.07 bits per heavy atom. The number of thiophene rings is 1. The maximum Gasteiger partial charge on any atom is 0.273 e. The molecule has 4 aromatic rings. The van der Waals surface area contributed by atoms with Gasteiger partial charge in [-0.15, -0.1) is 11.3 Å². The zero-order valence-electron chi connectivity index (χ0n) is 14.5. The van der Waals surface area contributed by atoms with Crippen LogP contribution in [0.15, 0.2) is 52.8 Å². The molecule has 0 bridgehead atoms. The number of benzene rings is 1. The van der Waals surface area contributed by atoms with Gasteiger partial charge in [-0.05, 0) is 48.1 Å². The maximum atomic E-state index is 12.0. The largest absolute Gasteiger partial charge is 0.361 e. The summed E-state index contributed by atoms with van der Waals surface area (Å²) in [6.07, 6.45) is 1.46. The predicted octanol–water partition coefficient (Wildman–Crippen LogP) is 5.06. The quantitative estimate of drug-likeness (QED) is 0.474. The molecule has 0 unspecified atom stereocenters. The molecule has 3 heterocycles. The monoisotopic (exact) mass is 395 g/mol. The summed E-state index contributed by atoms with van der Waals surface area (Å²) in [5.41, 5.74) is 2.97.